The van der Waals surface area contributed by atoms with Gasteiger partial charge in [0, 0.05) is 32.6 Å². The molecule has 0 unspecified atom stereocenters. The zero-order valence-electron chi connectivity index (χ0n) is 12.9. The Bertz CT molecular complexity index is 563. The van der Waals surface area contributed by atoms with Gasteiger partial charge in [-0.05, 0) is 25.3 Å². The molecule has 0 atom stereocenters. The number of rotatable bonds is 4. The van der Waals surface area contributed by atoms with Gasteiger partial charge in [-0.3, -0.25) is 9.59 Å². The molecule has 1 aliphatic heterocycles. The number of amides is 2. The molecule has 1 aromatic rings. The molecule has 0 radical (unpaired) electrons. The van der Waals surface area contributed by atoms with Gasteiger partial charge in [0.25, 0.3) is 5.91 Å². The van der Waals surface area contributed by atoms with Gasteiger partial charge in [-0.15, -0.1) is 0 Å². The number of hydrogen-bond acceptors (Lipinski definition) is 2. The molecule has 2 rings (SSSR count). The second kappa shape index (κ2) is 7.38. The maximum Gasteiger partial charge on any atom is 0.270 e. The van der Waals surface area contributed by atoms with Crippen molar-refractivity contribution < 1.29 is 9.59 Å². The van der Waals surface area contributed by atoms with Crippen molar-refractivity contribution in [1.82, 2.24) is 14.8 Å². The van der Waals surface area contributed by atoms with Crippen LogP contribution >= 0.6 is 23.2 Å². The standard InChI is InChI=1S/C15H21Cl2N3O2/c1-3-6-18-14(21)10-4-7-20(8-5-10)15(22)12-9-11(16)13(17)19(12)2/h9-10H,3-8H2,1-2H3,(H,18,21). The predicted molar refractivity (Wildman–Crippen MR) is 87.4 cm³/mol. The van der Waals surface area contributed by atoms with Crippen LogP contribution in [0.3, 0.4) is 0 Å². The molecule has 1 aromatic heterocycles. The van der Waals surface area contributed by atoms with E-state index in [0.29, 0.717) is 48.3 Å². The SMILES string of the molecule is CCCNC(=O)C1CCN(C(=O)c2cc(Cl)c(Cl)n2C)CC1. The van der Waals surface area contributed by atoms with Gasteiger partial charge in [0.2, 0.25) is 5.91 Å². The van der Waals surface area contributed by atoms with Crippen LogP contribution < -0.4 is 5.32 Å². The smallest absolute Gasteiger partial charge is 0.270 e. The third-order valence-corrected chi connectivity index (χ3v) is 4.88. The quantitative estimate of drug-likeness (QED) is 0.911. The van der Waals surface area contributed by atoms with Gasteiger partial charge in [-0.1, -0.05) is 30.1 Å². The summed E-state index contributed by atoms with van der Waals surface area (Å²) in [5.41, 5.74) is 0.476. The molecule has 0 aromatic carbocycles. The zero-order valence-corrected chi connectivity index (χ0v) is 14.4. The van der Waals surface area contributed by atoms with Crippen molar-refractivity contribution in [2.75, 3.05) is 19.6 Å². The summed E-state index contributed by atoms with van der Waals surface area (Å²) in [5, 5.41) is 3.65. The molecule has 22 heavy (non-hydrogen) atoms. The Morgan fingerprint density at radius 1 is 1.32 bits per heavy atom. The summed E-state index contributed by atoms with van der Waals surface area (Å²) >= 11 is 12.0. The van der Waals surface area contributed by atoms with Crippen LogP contribution in [0.4, 0.5) is 0 Å². The fourth-order valence-corrected chi connectivity index (χ4v) is 3.02. The first kappa shape index (κ1) is 17.2. The number of piperidine rings is 1. The number of nitrogens with zero attached hydrogens (tertiary/aromatic N) is 2. The van der Waals surface area contributed by atoms with Gasteiger partial charge in [0.1, 0.15) is 10.8 Å². The van der Waals surface area contributed by atoms with Crippen LogP contribution in [-0.4, -0.2) is 40.9 Å². The van der Waals surface area contributed by atoms with Crippen molar-refractivity contribution in [1.29, 1.82) is 0 Å². The van der Waals surface area contributed by atoms with Crippen molar-refractivity contribution in [3.05, 3.63) is 21.9 Å². The van der Waals surface area contributed by atoms with Gasteiger partial charge < -0.3 is 14.8 Å². The van der Waals surface area contributed by atoms with Crippen LogP contribution in [0.5, 0.6) is 0 Å². The predicted octanol–water partition coefficient (Wildman–Crippen LogP) is 2.71. The second-order valence-corrected chi connectivity index (χ2v) is 6.35. The Balaban J connectivity index is 1.95. The molecule has 1 saturated heterocycles. The Labute approximate surface area is 140 Å². The lowest BCUT2D eigenvalue weighted by Gasteiger charge is -2.31. The molecular weight excluding hydrogens is 325 g/mol. The molecule has 0 aliphatic carbocycles. The number of halogens is 2. The summed E-state index contributed by atoms with van der Waals surface area (Å²) in [5.74, 6) is -0.00110. The molecule has 122 valence electrons. The van der Waals surface area contributed by atoms with Crippen molar-refractivity contribution in [3.63, 3.8) is 0 Å². The molecule has 7 heteroatoms. The largest absolute Gasteiger partial charge is 0.356 e. The third kappa shape index (κ3) is 3.58. The lowest BCUT2D eigenvalue weighted by Crippen LogP contribution is -2.43. The maximum absolute atomic E-state index is 12.5. The van der Waals surface area contributed by atoms with Gasteiger partial charge in [0.15, 0.2) is 0 Å². The summed E-state index contributed by atoms with van der Waals surface area (Å²) in [7, 11) is 1.71. The minimum absolute atomic E-state index is 0.00353. The van der Waals surface area contributed by atoms with Crippen LogP contribution in [-0.2, 0) is 11.8 Å². The third-order valence-electron chi connectivity index (χ3n) is 4.04. The van der Waals surface area contributed by atoms with E-state index in [-0.39, 0.29) is 17.7 Å². The van der Waals surface area contributed by atoms with E-state index >= 15 is 0 Å². The van der Waals surface area contributed by atoms with Crippen LogP contribution in [0.2, 0.25) is 10.2 Å². The van der Waals surface area contributed by atoms with Crippen molar-refractivity contribution in [2.45, 2.75) is 26.2 Å². The summed E-state index contributed by atoms with van der Waals surface area (Å²) in [4.78, 5) is 26.2. The Morgan fingerprint density at radius 2 is 1.95 bits per heavy atom. The Morgan fingerprint density at radius 3 is 2.45 bits per heavy atom. The van der Waals surface area contributed by atoms with E-state index in [4.69, 9.17) is 23.2 Å². The summed E-state index contributed by atoms with van der Waals surface area (Å²) in [6.45, 7) is 3.88. The topological polar surface area (TPSA) is 54.3 Å². The lowest BCUT2D eigenvalue weighted by molar-refractivity contribution is -0.126. The van der Waals surface area contributed by atoms with E-state index in [0.717, 1.165) is 6.42 Å². The van der Waals surface area contributed by atoms with E-state index in [1.807, 2.05) is 6.92 Å². The highest BCUT2D eigenvalue weighted by Gasteiger charge is 2.29. The van der Waals surface area contributed by atoms with Gasteiger partial charge in [0.05, 0.1) is 5.02 Å². The first-order chi connectivity index (χ1) is 10.5. The summed E-state index contributed by atoms with van der Waals surface area (Å²) in [6, 6.07) is 1.59. The molecule has 1 N–H and O–H groups in total. The van der Waals surface area contributed by atoms with Crippen molar-refractivity contribution in [3.8, 4) is 0 Å². The first-order valence-electron chi connectivity index (χ1n) is 7.53. The van der Waals surface area contributed by atoms with E-state index < -0.39 is 0 Å². The minimum atomic E-state index is -0.0938. The Kier molecular flexibility index (Phi) is 5.75. The number of nitrogens with one attached hydrogen (secondary N) is 1. The average Bonchev–Trinajstić information content (AvgIpc) is 2.79. The van der Waals surface area contributed by atoms with Crippen LogP contribution in [0.1, 0.15) is 36.7 Å². The number of likely N-dealkylation sites (tertiary alicyclic amines) is 1. The summed E-state index contributed by atoms with van der Waals surface area (Å²) in [6.07, 6.45) is 2.30. The monoisotopic (exact) mass is 345 g/mol. The highest BCUT2D eigenvalue weighted by molar-refractivity contribution is 6.41. The molecule has 0 bridgehead atoms. The zero-order chi connectivity index (χ0) is 16.3. The molecule has 2 heterocycles. The number of carbonyl (C=O) groups is 2. The summed E-state index contributed by atoms with van der Waals surface area (Å²) < 4.78 is 1.59. The second-order valence-electron chi connectivity index (χ2n) is 5.58. The minimum Gasteiger partial charge on any atom is -0.356 e. The molecule has 2 amide bonds. The molecule has 0 saturated carbocycles. The van der Waals surface area contributed by atoms with E-state index in [1.165, 1.54) is 0 Å². The van der Waals surface area contributed by atoms with E-state index in [9.17, 15) is 9.59 Å². The maximum atomic E-state index is 12.5. The van der Waals surface area contributed by atoms with Crippen LogP contribution in [0, 0.1) is 5.92 Å². The molecule has 1 aliphatic rings. The van der Waals surface area contributed by atoms with Crippen molar-refractivity contribution in [2.24, 2.45) is 13.0 Å². The van der Waals surface area contributed by atoms with E-state index in [2.05, 4.69) is 5.32 Å². The van der Waals surface area contributed by atoms with Gasteiger partial charge in [-0.25, -0.2) is 0 Å². The van der Waals surface area contributed by atoms with Crippen LogP contribution in [0.15, 0.2) is 6.07 Å². The molecule has 1 fully saturated rings. The molecular formula is C15H21Cl2N3O2. The number of aromatic nitrogens is 1. The Hall–Kier alpha value is -1.20. The fourth-order valence-electron chi connectivity index (χ4n) is 2.65. The van der Waals surface area contributed by atoms with Gasteiger partial charge in [-0.2, -0.15) is 0 Å². The van der Waals surface area contributed by atoms with Gasteiger partial charge >= 0.3 is 0 Å². The highest BCUT2D eigenvalue weighted by Crippen LogP contribution is 2.27. The highest BCUT2D eigenvalue weighted by atomic mass is 35.5. The molecule has 5 nitrogen and oxygen atoms in total. The van der Waals surface area contributed by atoms with Crippen molar-refractivity contribution >= 4 is 35.0 Å². The van der Waals surface area contributed by atoms with E-state index in [1.54, 1.807) is 22.6 Å². The molecule has 0 spiro atoms. The average molecular weight is 346 g/mol. The first-order valence-corrected chi connectivity index (χ1v) is 8.29. The fraction of sp³-hybridized carbons (Fsp3) is 0.600. The number of hydrogen-bond donors (Lipinski definition) is 1. The van der Waals surface area contributed by atoms with Crippen LogP contribution in [0.25, 0.3) is 0 Å². The number of carbonyl (C=O) groups excluding carboxylic acids is 2. The normalized spacial score (nSPS) is 15.9. The lowest BCUT2D eigenvalue weighted by atomic mass is 9.95.